The molecule has 0 bridgehead atoms. The summed E-state index contributed by atoms with van der Waals surface area (Å²) in [7, 11) is 1.83. The standard InChI is InChI=1S/C9H12N6S/c1-5-7(10-3)11-4-12-8(5)16-9-13-6(2)14-15-9/h4H,1-3H3,(H,10,11,12)(H,13,14,15). The van der Waals surface area contributed by atoms with Gasteiger partial charge in [-0.3, -0.25) is 5.10 Å². The van der Waals surface area contributed by atoms with Gasteiger partial charge in [0.15, 0.2) is 0 Å². The number of nitrogens with zero attached hydrogens (tertiary/aromatic N) is 4. The van der Waals surface area contributed by atoms with Crippen LogP contribution < -0.4 is 5.32 Å². The molecule has 0 spiro atoms. The molecular formula is C9H12N6S. The molecule has 0 aliphatic rings. The summed E-state index contributed by atoms with van der Waals surface area (Å²) in [4.78, 5) is 12.5. The van der Waals surface area contributed by atoms with Gasteiger partial charge in [0.25, 0.3) is 0 Å². The first-order valence-electron chi connectivity index (χ1n) is 4.77. The number of aromatic nitrogens is 5. The van der Waals surface area contributed by atoms with E-state index in [9.17, 15) is 0 Å². The zero-order chi connectivity index (χ0) is 11.5. The second kappa shape index (κ2) is 4.48. The van der Waals surface area contributed by atoms with Crippen molar-refractivity contribution in [3.8, 4) is 0 Å². The molecule has 2 aromatic heterocycles. The zero-order valence-corrected chi connectivity index (χ0v) is 10.1. The van der Waals surface area contributed by atoms with Crippen molar-refractivity contribution in [3.05, 3.63) is 17.7 Å². The van der Waals surface area contributed by atoms with Gasteiger partial charge in [-0.15, -0.1) is 5.10 Å². The Morgan fingerprint density at radius 2 is 2.12 bits per heavy atom. The largest absolute Gasteiger partial charge is 0.373 e. The van der Waals surface area contributed by atoms with Gasteiger partial charge in [-0.2, -0.15) is 0 Å². The molecule has 0 saturated heterocycles. The van der Waals surface area contributed by atoms with Crippen molar-refractivity contribution in [1.82, 2.24) is 25.1 Å². The molecule has 6 nitrogen and oxygen atoms in total. The van der Waals surface area contributed by atoms with Gasteiger partial charge in [-0.25, -0.2) is 15.0 Å². The van der Waals surface area contributed by atoms with Crippen molar-refractivity contribution >= 4 is 17.6 Å². The third-order valence-corrected chi connectivity index (χ3v) is 3.01. The Labute approximate surface area is 97.3 Å². The summed E-state index contributed by atoms with van der Waals surface area (Å²) in [6, 6.07) is 0. The molecule has 0 amide bonds. The zero-order valence-electron chi connectivity index (χ0n) is 9.27. The Balaban J connectivity index is 2.28. The van der Waals surface area contributed by atoms with E-state index in [0.29, 0.717) is 5.16 Å². The first-order valence-corrected chi connectivity index (χ1v) is 5.58. The quantitative estimate of drug-likeness (QED) is 0.784. The summed E-state index contributed by atoms with van der Waals surface area (Å²) >= 11 is 1.42. The minimum Gasteiger partial charge on any atom is -0.373 e. The van der Waals surface area contributed by atoms with E-state index in [2.05, 4.69) is 30.5 Å². The highest BCUT2D eigenvalue weighted by atomic mass is 32.2. The van der Waals surface area contributed by atoms with Gasteiger partial charge in [-0.05, 0) is 25.6 Å². The van der Waals surface area contributed by atoms with E-state index < -0.39 is 0 Å². The van der Waals surface area contributed by atoms with Crippen molar-refractivity contribution in [2.45, 2.75) is 24.0 Å². The van der Waals surface area contributed by atoms with Crippen LogP contribution in [0.2, 0.25) is 0 Å². The van der Waals surface area contributed by atoms with Crippen LogP contribution in [0.1, 0.15) is 11.4 Å². The van der Waals surface area contributed by atoms with E-state index >= 15 is 0 Å². The van der Waals surface area contributed by atoms with Crippen molar-refractivity contribution in [3.63, 3.8) is 0 Å². The van der Waals surface area contributed by atoms with Crippen molar-refractivity contribution in [2.75, 3.05) is 12.4 Å². The van der Waals surface area contributed by atoms with E-state index in [-0.39, 0.29) is 0 Å². The lowest BCUT2D eigenvalue weighted by Gasteiger charge is -2.06. The average molecular weight is 236 g/mol. The molecule has 84 valence electrons. The van der Waals surface area contributed by atoms with Gasteiger partial charge in [0, 0.05) is 12.6 Å². The Bertz CT molecular complexity index is 494. The third-order valence-electron chi connectivity index (χ3n) is 2.04. The van der Waals surface area contributed by atoms with Crippen LogP contribution in [0.5, 0.6) is 0 Å². The predicted octanol–water partition coefficient (Wildman–Crippen LogP) is 1.40. The lowest BCUT2D eigenvalue weighted by Crippen LogP contribution is -1.98. The maximum absolute atomic E-state index is 4.22. The van der Waals surface area contributed by atoms with Gasteiger partial charge in [0.2, 0.25) is 5.16 Å². The SMILES string of the molecule is CNc1ncnc(Sc2n[nH]c(C)n2)c1C. The van der Waals surface area contributed by atoms with Gasteiger partial charge in [-0.1, -0.05) is 0 Å². The third kappa shape index (κ3) is 2.13. The number of aromatic amines is 1. The Morgan fingerprint density at radius 1 is 1.31 bits per heavy atom. The van der Waals surface area contributed by atoms with E-state index in [0.717, 1.165) is 22.2 Å². The van der Waals surface area contributed by atoms with Gasteiger partial charge < -0.3 is 5.32 Å². The first-order chi connectivity index (χ1) is 7.70. The highest BCUT2D eigenvalue weighted by Crippen LogP contribution is 2.27. The lowest BCUT2D eigenvalue weighted by molar-refractivity contribution is 0.952. The van der Waals surface area contributed by atoms with Crippen LogP contribution in [0.4, 0.5) is 5.82 Å². The molecule has 7 heteroatoms. The molecule has 0 aromatic carbocycles. The fourth-order valence-corrected chi connectivity index (χ4v) is 2.04. The molecule has 0 aliphatic carbocycles. The van der Waals surface area contributed by atoms with E-state index in [1.165, 1.54) is 18.1 Å². The molecule has 0 saturated carbocycles. The monoisotopic (exact) mass is 236 g/mol. The maximum Gasteiger partial charge on any atom is 0.214 e. The summed E-state index contributed by atoms with van der Waals surface area (Å²) in [5.74, 6) is 1.62. The number of aryl methyl sites for hydroxylation is 1. The molecule has 2 N–H and O–H groups in total. The highest BCUT2D eigenvalue weighted by Gasteiger charge is 2.09. The molecule has 16 heavy (non-hydrogen) atoms. The number of nitrogens with one attached hydrogen (secondary N) is 2. The Hall–Kier alpha value is -1.63. The molecule has 2 aromatic rings. The molecule has 2 rings (SSSR count). The number of H-pyrrole nitrogens is 1. The summed E-state index contributed by atoms with van der Waals surface area (Å²) in [6.07, 6.45) is 1.53. The van der Waals surface area contributed by atoms with Gasteiger partial charge in [0.05, 0.1) is 0 Å². The molecule has 0 fully saturated rings. The van der Waals surface area contributed by atoms with E-state index in [1.54, 1.807) is 0 Å². The minimum atomic E-state index is 0.668. The fourth-order valence-electron chi connectivity index (χ4n) is 1.24. The van der Waals surface area contributed by atoms with Crippen LogP contribution in [0.3, 0.4) is 0 Å². The van der Waals surface area contributed by atoms with Crippen LogP contribution in [0.15, 0.2) is 16.5 Å². The summed E-state index contributed by atoms with van der Waals surface area (Å²) in [6.45, 7) is 3.83. The lowest BCUT2D eigenvalue weighted by atomic mass is 10.3. The van der Waals surface area contributed by atoms with Crippen LogP contribution >= 0.6 is 11.8 Å². The molecule has 0 aliphatic heterocycles. The molecule has 2 heterocycles. The van der Waals surface area contributed by atoms with Crippen LogP contribution in [-0.2, 0) is 0 Å². The molecular weight excluding hydrogens is 224 g/mol. The van der Waals surface area contributed by atoms with E-state index in [1.807, 2.05) is 20.9 Å². The first kappa shape index (κ1) is 10.9. The highest BCUT2D eigenvalue weighted by molar-refractivity contribution is 7.99. The van der Waals surface area contributed by atoms with Crippen molar-refractivity contribution < 1.29 is 0 Å². The fraction of sp³-hybridized carbons (Fsp3) is 0.333. The molecule has 0 atom stereocenters. The Morgan fingerprint density at radius 3 is 2.75 bits per heavy atom. The summed E-state index contributed by atoms with van der Waals surface area (Å²) in [5, 5.41) is 11.4. The average Bonchev–Trinajstić information content (AvgIpc) is 2.67. The number of hydrogen-bond acceptors (Lipinski definition) is 6. The second-order valence-electron chi connectivity index (χ2n) is 3.21. The topological polar surface area (TPSA) is 79.4 Å². The number of hydrogen-bond donors (Lipinski definition) is 2. The van der Waals surface area contributed by atoms with Crippen LogP contribution in [0, 0.1) is 13.8 Å². The number of rotatable bonds is 3. The minimum absolute atomic E-state index is 0.668. The van der Waals surface area contributed by atoms with E-state index in [4.69, 9.17) is 0 Å². The van der Waals surface area contributed by atoms with Gasteiger partial charge in [0.1, 0.15) is 23.0 Å². The van der Waals surface area contributed by atoms with Crippen molar-refractivity contribution in [2.24, 2.45) is 0 Å². The number of anilines is 1. The smallest absolute Gasteiger partial charge is 0.214 e. The van der Waals surface area contributed by atoms with Gasteiger partial charge >= 0.3 is 0 Å². The normalized spacial score (nSPS) is 10.4. The maximum atomic E-state index is 4.22. The van der Waals surface area contributed by atoms with Crippen LogP contribution in [-0.4, -0.2) is 32.2 Å². The van der Waals surface area contributed by atoms with Crippen LogP contribution in [0.25, 0.3) is 0 Å². The summed E-state index contributed by atoms with van der Waals surface area (Å²) < 4.78 is 0. The predicted molar refractivity (Wildman–Crippen MR) is 61.6 cm³/mol. The molecule has 0 radical (unpaired) electrons. The second-order valence-corrected chi connectivity index (χ2v) is 4.16. The Kier molecular flexibility index (Phi) is 3.04. The summed E-state index contributed by atoms with van der Waals surface area (Å²) in [5.41, 5.74) is 0.998. The molecule has 0 unspecified atom stereocenters. The van der Waals surface area contributed by atoms with Crippen molar-refractivity contribution in [1.29, 1.82) is 0 Å².